The third-order valence-electron chi connectivity index (χ3n) is 7.43. The zero-order chi connectivity index (χ0) is 25.8. The van der Waals surface area contributed by atoms with E-state index in [1.165, 1.54) is 6.33 Å². The van der Waals surface area contributed by atoms with Gasteiger partial charge in [0.05, 0.1) is 23.7 Å². The number of nitrogens with one attached hydrogen (secondary N) is 2. The van der Waals surface area contributed by atoms with Gasteiger partial charge in [-0.1, -0.05) is 0 Å². The van der Waals surface area contributed by atoms with Crippen LogP contribution in [0.4, 0.5) is 21.7 Å². The minimum atomic E-state index is -0.434. The first-order valence-corrected chi connectivity index (χ1v) is 12.7. The number of piperidine rings is 1. The molecule has 5 aromatic rings. The van der Waals surface area contributed by atoms with Crippen LogP contribution in [0.2, 0.25) is 0 Å². The molecule has 0 radical (unpaired) electrons. The molecule has 38 heavy (non-hydrogen) atoms. The van der Waals surface area contributed by atoms with E-state index in [4.69, 9.17) is 9.72 Å². The van der Waals surface area contributed by atoms with Gasteiger partial charge < -0.3 is 24.8 Å². The third-order valence-corrected chi connectivity index (χ3v) is 7.43. The molecule has 192 valence electrons. The first-order chi connectivity index (χ1) is 18.5. The summed E-state index contributed by atoms with van der Waals surface area (Å²) in [6.45, 7) is 3.63. The van der Waals surface area contributed by atoms with Gasteiger partial charge in [-0.15, -0.1) is 0 Å². The fraction of sp³-hybridized carbons (Fsp3) is 0.296. The van der Waals surface area contributed by atoms with E-state index in [9.17, 15) is 0 Å². The molecule has 2 atom stereocenters. The van der Waals surface area contributed by atoms with E-state index >= 15 is 4.39 Å². The summed E-state index contributed by atoms with van der Waals surface area (Å²) in [5.74, 6) is 1.79. The van der Waals surface area contributed by atoms with Crippen LogP contribution in [0.1, 0.15) is 18.4 Å². The van der Waals surface area contributed by atoms with Crippen molar-refractivity contribution in [1.82, 2.24) is 34.8 Å². The Morgan fingerprint density at radius 2 is 2.03 bits per heavy atom. The standard InChI is InChI=1S/C27H26FN9O/c1-15-22(38-18-10-21-27(30-11-18)36(2)14-33-21)5-3-19(24(15)28)34-26-25-20(31-13-32-26)4-6-23(35-25)37-12-16-9-17(37)7-8-29-16/h3-6,10-11,13-14,16-17,29H,7-9,12H2,1-2H3,(H,31,32,34)/t16-,17+/m1/s1. The number of aryl methyl sites for hydroxylation is 1. The smallest absolute Gasteiger partial charge is 0.160 e. The van der Waals surface area contributed by atoms with Gasteiger partial charge in [0, 0.05) is 37.3 Å². The van der Waals surface area contributed by atoms with Crippen LogP contribution >= 0.6 is 0 Å². The maximum atomic E-state index is 15.5. The number of rotatable bonds is 5. The van der Waals surface area contributed by atoms with Gasteiger partial charge in [-0.05, 0) is 50.6 Å². The van der Waals surface area contributed by atoms with Gasteiger partial charge in [0.2, 0.25) is 0 Å². The summed E-state index contributed by atoms with van der Waals surface area (Å²) in [6, 6.07) is 10.1. The van der Waals surface area contributed by atoms with Crippen molar-refractivity contribution in [3.63, 3.8) is 0 Å². The second-order valence-electron chi connectivity index (χ2n) is 9.89. The van der Waals surface area contributed by atoms with E-state index in [2.05, 4.69) is 35.5 Å². The maximum Gasteiger partial charge on any atom is 0.160 e. The number of hydrogen-bond acceptors (Lipinski definition) is 9. The molecule has 7 rings (SSSR count). The largest absolute Gasteiger partial charge is 0.455 e. The van der Waals surface area contributed by atoms with Crippen LogP contribution in [0.25, 0.3) is 22.2 Å². The van der Waals surface area contributed by atoms with Crippen LogP contribution in [-0.2, 0) is 7.05 Å². The SMILES string of the molecule is Cc1c(Oc2cnc3c(c2)ncn3C)ccc(Nc2ncnc3ccc(N4C[C@H]5C[C@@H]4CCN5)nc23)c1F. The second kappa shape index (κ2) is 8.88. The minimum absolute atomic E-state index is 0.279. The Kier molecular flexibility index (Phi) is 5.32. The highest BCUT2D eigenvalue weighted by atomic mass is 19.1. The topological polar surface area (TPSA) is 106 Å². The lowest BCUT2D eigenvalue weighted by Gasteiger charge is -2.25. The van der Waals surface area contributed by atoms with Crippen molar-refractivity contribution in [3.8, 4) is 11.5 Å². The van der Waals surface area contributed by atoms with Gasteiger partial charge in [0.25, 0.3) is 0 Å². The zero-order valence-corrected chi connectivity index (χ0v) is 21.0. The molecule has 6 heterocycles. The van der Waals surface area contributed by atoms with E-state index in [0.717, 1.165) is 37.4 Å². The molecule has 2 fully saturated rings. The van der Waals surface area contributed by atoms with Gasteiger partial charge in [-0.2, -0.15) is 0 Å². The summed E-state index contributed by atoms with van der Waals surface area (Å²) in [5.41, 5.74) is 3.39. The summed E-state index contributed by atoms with van der Waals surface area (Å²) in [5, 5.41) is 6.70. The number of pyridine rings is 2. The van der Waals surface area contributed by atoms with Gasteiger partial charge in [-0.3, -0.25) is 0 Å². The van der Waals surface area contributed by atoms with Crippen LogP contribution in [0.3, 0.4) is 0 Å². The number of halogens is 1. The first-order valence-electron chi connectivity index (χ1n) is 12.7. The highest BCUT2D eigenvalue weighted by molar-refractivity contribution is 5.88. The monoisotopic (exact) mass is 511 g/mol. The third kappa shape index (κ3) is 3.86. The lowest BCUT2D eigenvalue weighted by molar-refractivity contribution is 0.448. The van der Waals surface area contributed by atoms with E-state index < -0.39 is 5.82 Å². The molecule has 2 N–H and O–H groups in total. The Balaban J connectivity index is 1.17. The molecule has 0 unspecified atom stereocenters. The normalized spacial score (nSPS) is 18.9. The van der Waals surface area contributed by atoms with Crippen molar-refractivity contribution in [3.05, 3.63) is 60.6 Å². The number of benzene rings is 1. The molecule has 2 saturated heterocycles. The van der Waals surface area contributed by atoms with Gasteiger partial charge in [0.1, 0.15) is 34.7 Å². The number of nitrogens with zero attached hydrogens (tertiary/aromatic N) is 7. The summed E-state index contributed by atoms with van der Waals surface area (Å²) < 4.78 is 23.3. The van der Waals surface area contributed by atoms with E-state index in [-0.39, 0.29) is 5.69 Å². The van der Waals surface area contributed by atoms with Crippen molar-refractivity contribution in [2.75, 3.05) is 23.3 Å². The molecule has 0 aliphatic carbocycles. The second-order valence-corrected chi connectivity index (χ2v) is 9.89. The fourth-order valence-electron chi connectivity index (χ4n) is 5.44. The predicted molar refractivity (Wildman–Crippen MR) is 142 cm³/mol. The van der Waals surface area contributed by atoms with Crippen LogP contribution in [0.5, 0.6) is 11.5 Å². The van der Waals surface area contributed by atoms with Crippen molar-refractivity contribution in [2.24, 2.45) is 7.05 Å². The Labute approximate surface area is 217 Å². The number of hydrogen-bond donors (Lipinski definition) is 2. The highest BCUT2D eigenvalue weighted by Gasteiger charge is 2.35. The predicted octanol–water partition coefficient (Wildman–Crippen LogP) is 4.23. The number of ether oxygens (including phenoxy) is 1. The molecular weight excluding hydrogens is 485 g/mol. The molecule has 2 aliphatic heterocycles. The molecule has 0 saturated carbocycles. The molecule has 2 bridgehead atoms. The molecular formula is C27H26FN9O. The van der Waals surface area contributed by atoms with Gasteiger partial charge in [0.15, 0.2) is 17.3 Å². The molecule has 4 aromatic heterocycles. The number of aromatic nitrogens is 6. The summed E-state index contributed by atoms with van der Waals surface area (Å²) >= 11 is 0. The van der Waals surface area contributed by atoms with Gasteiger partial charge >= 0.3 is 0 Å². The number of fused-ring (bicyclic) bond motifs is 4. The van der Waals surface area contributed by atoms with Crippen molar-refractivity contribution >= 4 is 39.5 Å². The van der Waals surface area contributed by atoms with E-state index in [1.807, 2.05) is 23.7 Å². The minimum Gasteiger partial charge on any atom is -0.455 e. The zero-order valence-electron chi connectivity index (χ0n) is 21.0. The molecule has 2 aliphatic rings. The highest BCUT2D eigenvalue weighted by Crippen LogP contribution is 2.34. The van der Waals surface area contributed by atoms with Crippen LogP contribution in [0.15, 0.2) is 49.2 Å². The molecule has 11 heteroatoms. The molecule has 0 spiro atoms. The Hall–Kier alpha value is -4.38. The van der Waals surface area contributed by atoms with Crippen molar-refractivity contribution < 1.29 is 9.13 Å². The van der Waals surface area contributed by atoms with Crippen molar-refractivity contribution in [2.45, 2.75) is 31.8 Å². The van der Waals surface area contributed by atoms with E-state index in [1.54, 1.807) is 37.6 Å². The number of imidazole rings is 1. The van der Waals surface area contributed by atoms with Crippen LogP contribution in [-0.4, -0.2) is 54.7 Å². The Morgan fingerprint density at radius 3 is 2.92 bits per heavy atom. The summed E-state index contributed by atoms with van der Waals surface area (Å²) in [7, 11) is 1.88. The van der Waals surface area contributed by atoms with Crippen LogP contribution in [0, 0.1) is 12.7 Å². The molecule has 0 amide bonds. The maximum absolute atomic E-state index is 15.5. The number of anilines is 3. The summed E-state index contributed by atoms with van der Waals surface area (Å²) in [6.07, 6.45) is 6.98. The summed E-state index contributed by atoms with van der Waals surface area (Å²) in [4.78, 5) is 24.7. The van der Waals surface area contributed by atoms with Crippen molar-refractivity contribution in [1.29, 1.82) is 0 Å². The molecule has 1 aromatic carbocycles. The average Bonchev–Trinajstić information content (AvgIpc) is 3.45. The fourth-order valence-corrected chi connectivity index (χ4v) is 5.44. The quantitative estimate of drug-likeness (QED) is 0.359. The molecule has 10 nitrogen and oxygen atoms in total. The Morgan fingerprint density at radius 1 is 1.11 bits per heavy atom. The Bertz CT molecular complexity index is 1690. The lowest BCUT2D eigenvalue weighted by atomic mass is 10.1. The van der Waals surface area contributed by atoms with Gasteiger partial charge in [-0.25, -0.2) is 29.3 Å². The average molecular weight is 512 g/mol. The lowest BCUT2D eigenvalue weighted by Crippen LogP contribution is -2.35. The van der Waals surface area contributed by atoms with Crippen LogP contribution < -0.4 is 20.3 Å². The first kappa shape index (κ1) is 22.8. The van der Waals surface area contributed by atoms with E-state index in [0.29, 0.717) is 51.5 Å².